The van der Waals surface area contributed by atoms with Gasteiger partial charge in [0, 0.05) is 6.04 Å². The Bertz CT molecular complexity index is 244. The van der Waals surface area contributed by atoms with Crippen LogP contribution in [0.3, 0.4) is 0 Å². The molecule has 1 saturated carbocycles. The van der Waals surface area contributed by atoms with Crippen LogP contribution in [0, 0.1) is 5.92 Å². The van der Waals surface area contributed by atoms with E-state index in [2.05, 4.69) is 19.2 Å². The number of hydrogen-bond acceptors (Lipinski definition) is 2. The van der Waals surface area contributed by atoms with Gasteiger partial charge in [0.25, 0.3) is 0 Å². The molecule has 1 amide bonds. The smallest absolute Gasteiger partial charge is 0.240 e. The van der Waals surface area contributed by atoms with E-state index in [1.54, 1.807) is 0 Å². The summed E-state index contributed by atoms with van der Waals surface area (Å²) < 4.78 is 0. The monoisotopic (exact) mass is 262 g/mol. The van der Waals surface area contributed by atoms with Crippen LogP contribution in [0.5, 0.6) is 0 Å². The average Bonchev–Trinajstić information content (AvgIpc) is 2.21. The quantitative estimate of drug-likeness (QED) is 0.818. The van der Waals surface area contributed by atoms with Crippen LogP contribution in [0.15, 0.2) is 0 Å². The van der Waals surface area contributed by atoms with Crippen LogP contribution in [-0.4, -0.2) is 17.5 Å². The van der Waals surface area contributed by atoms with Crippen molar-refractivity contribution >= 4 is 18.3 Å². The van der Waals surface area contributed by atoms with Crippen molar-refractivity contribution in [3.63, 3.8) is 0 Å². The molecule has 0 aliphatic heterocycles. The normalized spacial score (nSPS) is 27.8. The molecule has 1 aliphatic carbocycles. The van der Waals surface area contributed by atoms with Crippen molar-refractivity contribution < 1.29 is 4.79 Å². The van der Waals surface area contributed by atoms with Gasteiger partial charge in [-0.25, -0.2) is 0 Å². The lowest BCUT2D eigenvalue weighted by atomic mass is 9.85. The number of carbonyl (C=O) groups excluding carboxylic acids is 1. The summed E-state index contributed by atoms with van der Waals surface area (Å²) in [5, 5.41) is 3.13. The maximum absolute atomic E-state index is 12.0. The zero-order valence-corrected chi connectivity index (χ0v) is 12.1. The largest absolute Gasteiger partial charge is 0.352 e. The molecule has 0 aromatic rings. The van der Waals surface area contributed by atoms with E-state index >= 15 is 0 Å². The zero-order valence-electron chi connectivity index (χ0n) is 11.3. The number of rotatable bonds is 4. The number of nitrogens with two attached hydrogens (primary N) is 1. The minimum absolute atomic E-state index is 0. The molecule has 1 fully saturated rings. The van der Waals surface area contributed by atoms with Gasteiger partial charge in [0.2, 0.25) is 5.91 Å². The van der Waals surface area contributed by atoms with Gasteiger partial charge in [-0.05, 0) is 32.1 Å². The third-order valence-electron chi connectivity index (χ3n) is 3.72. The van der Waals surface area contributed by atoms with Gasteiger partial charge in [-0.2, -0.15) is 0 Å². The highest BCUT2D eigenvalue weighted by Crippen LogP contribution is 2.24. The molecule has 102 valence electrons. The van der Waals surface area contributed by atoms with Gasteiger partial charge in [-0.3, -0.25) is 4.79 Å². The van der Waals surface area contributed by atoms with Crippen LogP contribution >= 0.6 is 12.4 Å². The fourth-order valence-electron chi connectivity index (χ4n) is 2.50. The molecule has 0 bridgehead atoms. The topological polar surface area (TPSA) is 55.1 Å². The molecule has 0 heterocycles. The summed E-state index contributed by atoms with van der Waals surface area (Å²) in [5.74, 6) is 0.614. The van der Waals surface area contributed by atoms with Crippen molar-refractivity contribution in [3.05, 3.63) is 0 Å². The second kappa shape index (κ2) is 7.22. The fourth-order valence-corrected chi connectivity index (χ4v) is 2.50. The molecule has 1 rings (SSSR count). The Morgan fingerprint density at radius 2 is 2.00 bits per heavy atom. The van der Waals surface area contributed by atoms with Crippen LogP contribution < -0.4 is 11.1 Å². The second-order valence-electron chi connectivity index (χ2n) is 5.51. The Balaban J connectivity index is 0.00000256. The van der Waals surface area contributed by atoms with E-state index in [9.17, 15) is 4.79 Å². The summed E-state index contributed by atoms with van der Waals surface area (Å²) in [6.45, 7) is 6.11. The first-order chi connectivity index (χ1) is 7.47. The van der Waals surface area contributed by atoms with Crippen LogP contribution in [0.2, 0.25) is 0 Å². The average molecular weight is 263 g/mol. The van der Waals surface area contributed by atoms with Gasteiger partial charge in [-0.1, -0.05) is 33.1 Å². The number of amides is 1. The van der Waals surface area contributed by atoms with E-state index in [4.69, 9.17) is 5.73 Å². The van der Waals surface area contributed by atoms with Gasteiger partial charge < -0.3 is 11.1 Å². The lowest BCUT2D eigenvalue weighted by Crippen LogP contribution is -2.55. The molecule has 4 heteroatoms. The molecule has 0 radical (unpaired) electrons. The first-order valence-corrected chi connectivity index (χ1v) is 6.57. The van der Waals surface area contributed by atoms with E-state index in [0.717, 1.165) is 19.3 Å². The molecule has 17 heavy (non-hydrogen) atoms. The Kier molecular flexibility index (Phi) is 7.10. The van der Waals surface area contributed by atoms with Gasteiger partial charge >= 0.3 is 0 Å². The number of halogens is 1. The summed E-state index contributed by atoms with van der Waals surface area (Å²) in [6.07, 6.45) is 6.54. The number of carbonyl (C=O) groups is 1. The molecule has 0 aromatic carbocycles. The van der Waals surface area contributed by atoms with Crippen LogP contribution in [0.1, 0.15) is 59.3 Å². The highest BCUT2D eigenvalue weighted by atomic mass is 35.5. The van der Waals surface area contributed by atoms with Crippen LogP contribution in [0.25, 0.3) is 0 Å². The molecule has 3 N–H and O–H groups in total. The highest BCUT2D eigenvalue weighted by Gasteiger charge is 2.31. The molecule has 3 atom stereocenters. The maximum Gasteiger partial charge on any atom is 0.240 e. The molecule has 3 nitrogen and oxygen atoms in total. The summed E-state index contributed by atoms with van der Waals surface area (Å²) in [7, 11) is 0. The highest BCUT2D eigenvalue weighted by molar-refractivity contribution is 5.86. The SMILES string of the molecule is CCCC(C)(N)C(=O)NC1CCCCC1C.Cl. The summed E-state index contributed by atoms with van der Waals surface area (Å²) in [6, 6.07) is 0.334. The predicted molar refractivity (Wildman–Crippen MR) is 74.3 cm³/mol. The molecular weight excluding hydrogens is 236 g/mol. The third-order valence-corrected chi connectivity index (χ3v) is 3.72. The maximum atomic E-state index is 12.0. The second-order valence-corrected chi connectivity index (χ2v) is 5.51. The minimum Gasteiger partial charge on any atom is -0.352 e. The van der Waals surface area contributed by atoms with Gasteiger partial charge in [-0.15, -0.1) is 12.4 Å². The first kappa shape index (κ1) is 16.7. The predicted octanol–water partition coefficient (Wildman–Crippen LogP) is 2.62. The molecule has 0 saturated heterocycles. The van der Waals surface area contributed by atoms with Gasteiger partial charge in [0.15, 0.2) is 0 Å². The molecular formula is C13H27ClN2O. The Morgan fingerprint density at radius 3 is 2.53 bits per heavy atom. The zero-order chi connectivity index (χ0) is 12.2. The molecule has 3 unspecified atom stereocenters. The number of nitrogens with one attached hydrogen (secondary N) is 1. The first-order valence-electron chi connectivity index (χ1n) is 6.57. The third kappa shape index (κ3) is 4.84. The van der Waals surface area contributed by atoms with Crippen LogP contribution in [0.4, 0.5) is 0 Å². The van der Waals surface area contributed by atoms with E-state index in [1.807, 2.05) is 6.92 Å². The van der Waals surface area contributed by atoms with Crippen molar-refractivity contribution in [1.29, 1.82) is 0 Å². The molecule has 0 spiro atoms. The van der Waals surface area contributed by atoms with E-state index in [1.165, 1.54) is 19.3 Å². The molecule has 1 aliphatic rings. The number of hydrogen-bond donors (Lipinski definition) is 2. The van der Waals surface area contributed by atoms with Crippen molar-refractivity contribution in [2.75, 3.05) is 0 Å². The van der Waals surface area contributed by atoms with Crippen molar-refractivity contribution in [2.24, 2.45) is 11.7 Å². The van der Waals surface area contributed by atoms with E-state index < -0.39 is 5.54 Å². The Morgan fingerprint density at radius 1 is 1.41 bits per heavy atom. The lowest BCUT2D eigenvalue weighted by Gasteiger charge is -2.33. The summed E-state index contributed by atoms with van der Waals surface area (Å²) >= 11 is 0. The van der Waals surface area contributed by atoms with Gasteiger partial charge in [0.05, 0.1) is 5.54 Å². The van der Waals surface area contributed by atoms with Crippen LogP contribution in [-0.2, 0) is 4.79 Å². The standard InChI is InChI=1S/C13H26N2O.ClH/c1-4-9-13(3,14)12(16)15-11-8-6-5-7-10(11)2;/h10-11H,4-9,14H2,1-3H3,(H,15,16);1H. The summed E-state index contributed by atoms with van der Waals surface area (Å²) in [5.41, 5.74) is 5.32. The van der Waals surface area contributed by atoms with Crippen molar-refractivity contribution in [1.82, 2.24) is 5.32 Å². The Hall–Kier alpha value is -0.280. The van der Waals surface area contributed by atoms with Crippen molar-refractivity contribution in [2.45, 2.75) is 70.9 Å². The van der Waals surface area contributed by atoms with E-state index in [0.29, 0.717) is 12.0 Å². The Labute approximate surface area is 111 Å². The lowest BCUT2D eigenvalue weighted by molar-refractivity contribution is -0.127. The fraction of sp³-hybridized carbons (Fsp3) is 0.923. The minimum atomic E-state index is -0.702. The van der Waals surface area contributed by atoms with Gasteiger partial charge in [0.1, 0.15) is 0 Å². The molecule has 0 aromatic heterocycles. The van der Waals surface area contributed by atoms with E-state index in [-0.39, 0.29) is 18.3 Å². The van der Waals surface area contributed by atoms with Crippen molar-refractivity contribution in [3.8, 4) is 0 Å². The summed E-state index contributed by atoms with van der Waals surface area (Å²) in [4.78, 5) is 12.0.